The van der Waals surface area contributed by atoms with Crippen LogP contribution < -0.4 is 0 Å². The van der Waals surface area contributed by atoms with Gasteiger partial charge < -0.3 is 68.3 Å². The van der Waals surface area contributed by atoms with E-state index in [9.17, 15) is 35.1 Å². The van der Waals surface area contributed by atoms with Gasteiger partial charge in [-0.15, -0.1) is 0 Å². The predicted octanol–water partition coefficient (Wildman–Crippen LogP) is 3.42. The molecular formula is C45H75NO15. The molecule has 11 atom stereocenters. The van der Waals surface area contributed by atoms with E-state index in [1.165, 1.54) is 17.0 Å². The van der Waals surface area contributed by atoms with Gasteiger partial charge in [-0.2, -0.15) is 0 Å². The van der Waals surface area contributed by atoms with Crippen molar-refractivity contribution in [3.63, 3.8) is 0 Å². The molecule has 3 aliphatic heterocycles. The number of amides is 1. The molecule has 5 N–H and O–H groups in total. The van der Waals surface area contributed by atoms with Crippen molar-refractivity contribution in [3.8, 4) is 5.75 Å². The molecular weight excluding hydrogens is 794 g/mol. The number of ether oxygens (including phenoxy) is 8. The van der Waals surface area contributed by atoms with Crippen LogP contribution in [0.1, 0.15) is 108 Å². The van der Waals surface area contributed by atoms with E-state index in [1.807, 2.05) is 41.5 Å². The van der Waals surface area contributed by atoms with Crippen LogP contribution in [0.2, 0.25) is 0 Å². The summed E-state index contributed by atoms with van der Waals surface area (Å²) in [6, 6.07) is 6.13. The summed E-state index contributed by atoms with van der Waals surface area (Å²) in [5.41, 5.74) is -3.71. The fourth-order valence-electron chi connectivity index (χ4n) is 8.00. The lowest BCUT2D eigenvalue weighted by atomic mass is 9.85. The van der Waals surface area contributed by atoms with E-state index in [4.69, 9.17) is 37.9 Å². The van der Waals surface area contributed by atoms with Gasteiger partial charge in [0.2, 0.25) is 0 Å². The number of nitrogens with zero attached hydrogens (tertiary/aromatic N) is 1. The van der Waals surface area contributed by atoms with E-state index >= 15 is 0 Å². The lowest BCUT2D eigenvalue weighted by Crippen LogP contribution is -2.68. The van der Waals surface area contributed by atoms with Crippen LogP contribution in [0.25, 0.3) is 0 Å². The van der Waals surface area contributed by atoms with Gasteiger partial charge in [0, 0.05) is 20.2 Å². The van der Waals surface area contributed by atoms with Crippen molar-refractivity contribution in [1.29, 1.82) is 0 Å². The molecule has 3 fully saturated rings. The zero-order valence-electron chi connectivity index (χ0n) is 38.5. The van der Waals surface area contributed by atoms with Gasteiger partial charge in [-0.1, -0.05) is 26.0 Å². The Kier molecular flexibility index (Phi) is 17.2. The maximum absolute atomic E-state index is 14.1. The largest absolute Gasteiger partial charge is 0.508 e. The van der Waals surface area contributed by atoms with Crippen molar-refractivity contribution in [3.05, 3.63) is 29.8 Å². The lowest BCUT2D eigenvalue weighted by molar-refractivity contribution is -0.295. The molecule has 4 rings (SSSR count). The van der Waals surface area contributed by atoms with Crippen molar-refractivity contribution in [2.75, 3.05) is 26.8 Å². The van der Waals surface area contributed by atoms with Crippen molar-refractivity contribution in [1.82, 2.24) is 4.90 Å². The van der Waals surface area contributed by atoms with Gasteiger partial charge in [-0.25, -0.2) is 4.79 Å². The Hall–Kier alpha value is -2.48. The Morgan fingerprint density at radius 1 is 0.803 bits per heavy atom. The van der Waals surface area contributed by atoms with E-state index in [1.54, 1.807) is 60.7 Å². The molecule has 0 aromatic heterocycles. The number of benzene rings is 1. The summed E-state index contributed by atoms with van der Waals surface area (Å²) in [5, 5.41) is 55.9. The minimum atomic E-state index is -1.60. The number of aromatic hydroxyl groups is 1. The Labute approximate surface area is 362 Å². The molecule has 0 saturated carbocycles. The van der Waals surface area contributed by atoms with Crippen LogP contribution in [0.5, 0.6) is 5.75 Å². The summed E-state index contributed by atoms with van der Waals surface area (Å²) in [7, 11) is 1.65. The number of phenolic OH excluding ortho intramolecular Hbond substituents is 1. The number of aliphatic hydroxyl groups excluding tert-OH is 4. The lowest BCUT2D eigenvalue weighted by Gasteiger charge is -2.50. The molecule has 3 heterocycles. The van der Waals surface area contributed by atoms with Crippen LogP contribution in [-0.4, -0.2) is 165 Å². The third-order valence-electron chi connectivity index (χ3n) is 12.2. The van der Waals surface area contributed by atoms with E-state index < -0.39 is 95.3 Å². The normalized spacial score (nSPS) is 30.5. The molecule has 1 aromatic rings. The fourth-order valence-corrected chi connectivity index (χ4v) is 8.00. The Morgan fingerprint density at radius 2 is 1.36 bits per heavy atom. The van der Waals surface area contributed by atoms with Crippen molar-refractivity contribution in [2.24, 2.45) is 5.92 Å². The summed E-state index contributed by atoms with van der Waals surface area (Å²) in [4.78, 5) is 29.4. The van der Waals surface area contributed by atoms with Gasteiger partial charge in [-0.3, -0.25) is 4.79 Å². The summed E-state index contributed by atoms with van der Waals surface area (Å²) < 4.78 is 49.3. The highest BCUT2D eigenvalue weighted by molar-refractivity contribution is 5.82. The molecule has 0 spiro atoms. The van der Waals surface area contributed by atoms with Gasteiger partial charge in [0.05, 0.1) is 41.2 Å². The van der Waals surface area contributed by atoms with Crippen molar-refractivity contribution >= 4 is 11.9 Å². The summed E-state index contributed by atoms with van der Waals surface area (Å²) in [5.74, 6) is -1.20. The number of hydrogen-bond donors (Lipinski definition) is 5. The maximum atomic E-state index is 14.1. The third kappa shape index (κ3) is 13.1. The highest BCUT2D eigenvalue weighted by Gasteiger charge is 2.57. The SMILES string of the molecule is CC(C)OC(C)(C)[C@@H]1OC(C(=O)OCc2ccc(O)cc2)[C@@H](OC(C)(C)CCOC(C)(C)[C@@H]2OC(C(=O)N(C)CC3CCCO3)[C@@H](OC(C)(C)C(C)C)[C@H](O)[C@@H]2O)[C@H](O)[C@@H]1O. The van der Waals surface area contributed by atoms with E-state index in [2.05, 4.69) is 0 Å². The number of carbonyl (C=O) groups excluding carboxylic acids is 2. The highest BCUT2D eigenvalue weighted by atomic mass is 16.6. The second-order valence-electron chi connectivity index (χ2n) is 19.7. The molecule has 16 nitrogen and oxygen atoms in total. The quantitative estimate of drug-likeness (QED) is 0.126. The molecule has 3 unspecified atom stereocenters. The Morgan fingerprint density at radius 3 is 1.90 bits per heavy atom. The van der Waals surface area contributed by atoms with Crippen LogP contribution in [0.4, 0.5) is 0 Å². The maximum Gasteiger partial charge on any atom is 0.338 e. The monoisotopic (exact) mass is 870 g/mol. The van der Waals surface area contributed by atoms with Crippen molar-refractivity contribution < 1.29 is 73.0 Å². The fraction of sp³-hybridized carbons (Fsp3) is 0.822. The topological polar surface area (TPSA) is 212 Å². The van der Waals surface area contributed by atoms with Crippen molar-refractivity contribution in [2.45, 2.75) is 205 Å². The molecule has 0 aliphatic carbocycles. The summed E-state index contributed by atoms with van der Waals surface area (Å²) in [6.07, 6.45) is -12.3. The summed E-state index contributed by atoms with van der Waals surface area (Å²) >= 11 is 0. The van der Waals surface area contributed by atoms with Crippen LogP contribution in [0, 0.1) is 5.92 Å². The van der Waals surface area contributed by atoms with Gasteiger partial charge in [0.15, 0.2) is 12.2 Å². The zero-order valence-corrected chi connectivity index (χ0v) is 38.5. The Bertz CT molecular complexity index is 1560. The molecule has 0 bridgehead atoms. The van der Waals surface area contributed by atoms with Crippen LogP contribution in [0.15, 0.2) is 24.3 Å². The molecule has 3 saturated heterocycles. The van der Waals surface area contributed by atoms with Crippen LogP contribution in [-0.2, 0) is 54.1 Å². The van der Waals surface area contributed by atoms with E-state index in [0.29, 0.717) is 18.7 Å². The number of hydrogen-bond acceptors (Lipinski definition) is 15. The number of phenols is 1. The van der Waals surface area contributed by atoms with Gasteiger partial charge in [0.25, 0.3) is 5.91 Å². The average Bonchev–Trinajstić information content (AvgIpc) is 3.67. The second kappa shape index (κ2) is 20.6. The molecule has 1 aromatic carbocycles. The third-order valence-corrected chi connectivity index (χ3v) is 12.2. The Balaban J connectivity index is 1.50. The number of carbonyl (C=O) groups is 2. The van der Waals surface area contributed by atoms with E-state index in [0.717, 1.165) is 12.8 Å². The molecule has 3 aliphatic rings. The minimum Gasteiger partial charge on any atom is -0.508 e. The molecule has 61 heavy (non-hydrogen) atoms. The smallest absolute Gasteiger partial charge is 0.338 e. The number of rotatable bonds is 19. The van der Waals surface area contributed by atoms with Crippen LogP contribution in [0.3, 0.4) is 0 Å². The molecule has 1 amide bonds. The minimum absolute atomic E-state index is 0.000590. The summed E-state index contributed by atoms with van der Waals surface area (Å²) in [6.45, 7) is 22.3. The zero-order chi connectivity index (χ0) is 45.8. The highest BCUT2D eigenvalue weighted by Crippen LogP contribution is 2.38. The standard InChI is InChI=1S/C45H75NO15/c1-25(2)43(7,8)61-34-30(48)32(50)38(57-36(34)40(52)46(13)23-29-15-14-21-54-29)44(9,10)56-22-20-42(5,6)60-35-31(49)33(51)39(45(11,12)59-26(3)4)58-37(35)41(53)55-24-27-16-18-28(47)19-17-27/h16-19,25-26,29-39,47-51H,14-15,20-24H2,1-13H3/t29?,30-,31-,32+,33+,34+,35+,36?,37?,38-,39-/m1/s1. The van der Waals surface area contributed by atoms with Crippen LogP contribution >= 0.6 is 0 Å². The first-order chi connectivity index (χ1) is 28.2. The molecule has 0 radical (unpaired) electrons. The molecule has 350 valence electrons. The number of aliphatic hydroxyl groups is 4. The first-order valence-corrected chi connectivity index (χ1v) is 21.7. The van der Waals surface area contributed by atoms with Gasteiger partial charge >= 0.3 is 5.97 Å². The molecule has 16 heteroatoms. The first-order valence-electron chi connectivity index (χ1n) is 21.7. The van der Waals surface area contributed by atoms with Gasteiger partial charge in [-0.05, 0) is 112 Å². The number of likely N-dealkylation sites (N-methyl/N-ethyl adjacent to an activating group) is 1. The second-order valence-corrected chi connectivity index (χ2v) is 19.7. The predicted molar refractivity (Wildman–Crippen MR) is 224 cm³/mol. The first kappa shape index (κ1) is 51.2. The number of esters is 1. The van der Waals surface area contributed by atoms with E-state index in [-0.39, 0.29) is 43.5 Å². The van der Waals surface area contributed by atoms with Gasteiger partial charge in [0.1, 0.15) is 61.2 Å². The average molecular weight is 870 g/mol.